The summed E-state index contributed by atoms with van der Waals surface area (Å²) in [6, 6.07) is 0. The van der Waals surface area contributed by atoms with Crippen molar-refractivity contribution in [3.05, 3.63) is 11.6 Å². The molecular formula is C36H54O11. The van der Waals surface area contributed by atoms with E-state index in [9.17, 15) is 45.0 Å². The van der Waals surface area contributed by atoms with E-state index in [-0.39, 0.29) is 34.0 Å². The first-order valence-electron chi connectivity index (χ1n) is 17.4. The van der Waals surface area contributed by atoms with Crippen LogP contribution in [0.4, 0.5) is 0 Å². The number of aliphatic carboxylic acids is 3. The van der Waals surface area contributed by atoms with Gasteiger partial charge in [-0.15, -0.1) is 0 Å². The average molecular weight is 663 g/mol. The molecule has 0 spiro atoms. The van der Waals surface area contributed by atoms with Crippen molar-refractivity contribution in [2.24, 2.45) is 50.2 Å². The summed E-state index contributed by atoms with van der Waals surface area (Å²) >= 11 is 0. The van der Waals surface area contributed by atoms with Gasteiger partial charge in [0.15, 0.2) is 12.4 Å². The van der Waals surface area contributed by atoms with Gasteiger partial charge in [0.2, 0.25) is 0 Å². The summed E-state index contributed by atoms with van der Waals surface area (Å²) in [5, 5.41) is 62.2. The van der Waals surface area contributed by atoms with E-state index in [0.717, 1.165) is 32.1 Å². The Morgan fingerprint density at radius 2 is 1.45 bits per heavy atom. The molecule has 1 saturated heterocycles. The topological polar surface area (TPSA) is 191 Å². The minimum atomic E-state index is -1.87. The minimum absolute atomic E-state index is 0.0235. The van der Waals surface area contributed by atoms with Crippen molar-refractivity contribution in [1.29, 1.82) is 0 Å². The zero-order valence-corrected chi connectivity index (χ0v) is 28.6. The molecule has 0 radical (unpaired) electrons. The molecule has 14 unspecified atom stereocenters. The minimum Gasteiger partial charge on any atom is -0.481 e. The van der Waals surface area contributed by atoms with Crippen LogP contribution in [0.2, 0.25) is 0 Å². The molecule has 4 saturated carbocycles. The quantitative estimate of drug-likeness (QED) is 0.183. The average Bonchev–Trinajstić information content (AvgIpc) is 2.98. The monoisotopic (exact) mass is 662 g/mol. The van der Waals surface area contributed by atoms with Gasteiger partial charge in [-0.25, -0.2) is 4.79 Å². The molecule has 0 bridgehead atoms. The summed E-state index contributed by atoms with van der Waals surface area (Å²) in [5.74, 6) is -3.45. The zero-order chi connectivity index (χ0) is 34.7. The normalized spacial score (nSPS) is 52.1. The second-order valence-corrected chi connectivity index (χ2v) is 17.7. The van der Waals surface area contributed by atoms with Crippen molar-refractivity contribution in [3.63, 3.8) is 0 Å². The van der Waals surface area contributed by atoms with Gasteiger partial charge in [0, 0.05) is 0 Å². The summed E-state index contributed by atoms with van der Waals surface area (Å²) in [6.07, 6.45) is -0.609. The lowest BCUT2D eigenvalue weighted by atomic mass is 9.33. The van der Waals surface area contributed by atoms with Crippen molar-refractivity contribution in [3.8, 4) is 0 Å². The Labute approximate surface area is 276 Å². The first kappa shape index (κ1) is 34.8. The molecule has 14 atom stereocenters. The third-order valence-electron chi connectivity index (χ3n) is 15.2. The summed E-state index contributed by atoms with van der Waals surface area (Å²) in [5.41, 5.74) is -1.60. The fourth-order valence-electron chi connectivity index (χ4n) is 12.1. The van der Waals surface area contributed by atoms with Crippen molar-refractivity contribution in [1.82, 2.24) is 0 Å². The van der Waals surface area contributed by atoms with E-state index >= 15 is 0 Å². The summed E-state index contributed by atoms with van der Waals surface area (Å²) in [4.78, 5) is 38.0. The van der Waals surface area contributed by atoms with E-state index in [4.69, 9.17) is 9.47 Å². The van der Waals surface area contributed by atoms with E-state index in [1.807, 2.05) is 0 Å². The summed E-state index contributed by atoms with van der Waals surface area (Å²) in [6.45, 7) is 13.1. The number of aliphatic hydroxyl groups is 3. The maximum Gasteiger partial charge on any atom is 0.335 e. The molecule has 0 aromatic carbocycles. The van der Waals surface area contributed by atoms with Crippen LogP contribution in [0.1, 0.15) is 106 Å². The van der Waals surface area contributed by atoms with E-state index < -0.39 is 71.0 Å². The van der Waals surface area contributed by atoms with Gasteiger partial charge in [-0.3, -0.25) is 9.59 Å². The van der Waals surface area contributed by atoms with Gasteiger partial charge in [-0.05, 0) is 111 Å². The Kier molecular flexibility index (Phi) is 8.13. The van der Waals surface area contributed by atoms with Crippen LogP contribution < -0.4 is 0 Å². The fraction of sp³-hybridized carbons (Fsp3) is 0.861. The molecule has 47 heavy (non-hydrogen) atoms. The first-order valence-corrected chi connectivity index (χ1v) is 17.4. The fourth-order valence-corrected chi connectivity index (χ4v) is 12.1. The van der Waals surface area contributed by atoms with E-state index in [0.29, 0.717) is 32.1 Å². The number of fused-ring (bicyclic) bond motifs is 7. The van der Waals surface area contributed by atoms with Gasteiger partial charge in [0.25, 0.3) is 0 Å². The van der Waals surface area contributed by atoms with Gasteiger partial charge < -0.3 is 40.1 Å². The van der Waals surface area contributed by atoms with Gasteiger partial charge in [-0.1, -0.05) is 46.3 Å². The molecule has 1 aliphatic heterocycles. The number of carbonyl (C=O) groups is 3. The Bertz CT molecular complexity index is 1360. The van der Waals surface area contributed by atoms with Crippen LogP contribution in [0.5, 0.6) is 0 Å². The molecular weight excluding hydrogens is 608 g/mol. The largest absolute Gasteiger partial charge is 0.481 e. The van der Waals surface area contributed by atoms with Crippen molar-refractivity contribution >= 4 is 17.9 Å². The molecule has 5 fully saturated rings. The van der Waals surface area contributed by atoms with Crippen molar-refractivity contribution < 1.29 is 54.5 Å². The molecule has 0 amide bonds. The third-order valence-corrected chi connectivity index (χ3v) is 15.2. The highest BCUT2D eigenvalue weighted by Gasteiger charge is 2.71. The predicted molar refractivity (Wildman–Crippen MR) is 168 cm³/mol. The Morgan fingerprint density at radius 1 is 0.787 bits per heavy atom. The molecule has 5 aliphatic carbocycles. The lowest BCUT2D eigenvalue weighted by Gasteiger charge is -2.71. The summed E-state index contributed by atoms with van der Waals surface area (Å²) in [7, 11) is 0. The number of aliphatic hydroxyl groups excluding tert-OH is 3. The van der Waals surface area contributed by atoms with E-state index in [1.165, 1.54) is 5.57 Å². The highest BCUT2D eigenvalue weighted by Crippen LogP contribution is 2.76. The number of carboxylic acids is 3. The highest BCUT2D eigenvalue weighted by molar-refractivity contribution is 5.77. The predicted octanol–water partition coefficient (Wildman–Crippen LogP) is 4.21. The first-order chi connectivity index (χ1) is 21.7. The maximum atomic E-state index is 13.3. The SMILES string of the molecule is CC1(C)CCC2(C(=O)O)CCC3(C)C(=CCC4C5(C)CCC(OC6OC(C(=O)O)C(O)C(O)C6O)C(C)(C(=O)O)C5CCC43C)C2C1. The lowest BCUT2D eigenvalue weighted by molar-refractivity contribution is -0.323. The zero-order valence-electron chi connectivity index (χ0n) is 28.6. The van der Waals surface area contributed by atoms with Crippen molar-refractivity contribution in [2.45, 2.75) is 143 Å². The Hall–Kier alpha value is -2.05. The van der Waals surface area contributed by atoms with Gasteiger partial charge in [0.05, 0.1) is 16.9 Å². The number of allylic oxidation sites excluding steroid dienone is 2. The van der Waals surface area contributed by atoms with E-state index in [2.05, 4.69) is 40.7 Å². The van der Waals surface area contributed by atoms with Crippen LogP contribution in [0.3, 0.4) is 0 Å². The van der Waals surface area contributed by atoms with Crippen LogP contribution in [0.15, 0.2) is 11.6 Å². The molecule has 11 heteroatoms. The van der Waals surface area contributed by atoms with Gasteiger partial charge in [0.1, 0.15) is 18.3 Å². The standard InChI is InChI=1S/C36H54O11/c1-31(2)13-15-36(30(44)45)16-14-33(4)18(19(36)17-31)7-8-20-32(3)11-10-22(35(6,29(42)43)21(32)9-12-34(20,33)5)46-28-25(39)23(37)24(38)26(47-28)27(40)41/h7,19-26,28,37-39H,8-17H2,1-6H3,(H,40,41)(H,42,43)(H,44,45). The smallest absolute Gasteiger partial charge is 0.335 e. The number of hydrogen-bond donors (Lipinski definition) is 6. The second kappa shape index (κ2) is 11.0. The van der Waals surface area contributed by atoms with Gasteiger partial charge >= 0.3 is 17.9 Å². The van der Waals surface area contributed by atoms with Crippen LogP contribution in [-0.4, -0.2) is 85.4 Å². The number of carboxylic acid groups (broad SMARTS) is 3. The lowest BCUT2D eigenvalue weighted by Crippen LogP contribution is -2.67. The molecule has 264 valence electrons. The number of ether oxygens (including phenoxy) is 2. The highest BCUT2D eigenvalue weighted by atomic mass is 16.7. The number of rotatable bonds is 5. The van der Waals surface area contributed by atoms with E-state index in [1.54, 1.807) is 6.92 Å². The molecule has 0 aromatic heterocycles. The van der Waals surface area contributed by atoms with Crippen LogP contribution in [0.25, 0.3) is 0 Å². The van der Waals surface area contributed by atoms with Crippen LogP contribution in [0, 0.1) is 50.2 Å². The Morgan fingerprint density at radius 3 is 2.06 bits per heavy atom. The second-order valence-electron chi connectivity index (χ2n) is 17.7. The van der Waals surface area contributed by atoms with Gasteiger partial charge in [-0.2, -0.15) is 0 Å². The molecule has 0 aromatic rings. The van der Waals surface area contributed by atoms with Crippen LogP contribution >= 0.6 is 0 Å². The molecule has 11 nitrogen and oxygen atoms in total. The third kappa shape index (κ3) is 4.65. The Balaban J connectivity index is 1.34. The van der Waals surface area contributed by atoms with Crippen molar-refractivity contribution in [2.75, 3.05) is 0 Å². The molecule has 1 heterocycles. The number of hydrogen-bond acceptors (Lipinski definition) is 8. The summed E-state index contributed by atoms with van der Waals surface area (Å²) < 4.78 is 11.6. The van der Waals surface area contributed by atoms with Crippen LogP contribution in [-0.2, 0) is 23.9 Å². The molecule has 6 N–H and O–H groups in total. The molecule has 6 rings (SSSR count). The maximum absolute atomic E-state index is 13.3. The molecule has 6 aliphatic rings.